The third-order valence-corrected chi connectivity index (χ3v) is 8.56. The highest BCUT2D eigenvalue weighted by atomic mass is 32.2. The minimum absolute atomic E-state index is 0.0797. The molecule has 0 aromatic carbocycles. The van der Waals surface area contributed by atoms with Crippen LogP contribution < -0.4 is 0 Å². The molecule has 5 heteroatoms. The average Bonchev–Trinajstić information content (AvgIpc) is 2.95. The third-order valence-electron chi connectivity index (χ3n) is 4.27. The summed E-state index contributed by atoms with van der Waals surface area (Å²) in [5, 5.41) is 9.31. The van der Waals surface area contributed by atoms with E-state index in [1.165, 1.54) is 11.5 Å². The Hall–Kier alpha value is 0.130. The van der Waals surface area contributed by atoms with Gasteiger partial charge in [0.1, 0.15) is 0 Å². The van der Waals surface area contributed by atoms with Crippen molar-refractivity contribution >= 4 is 29.5 Å². The first-order valence-corrected chi connectivity index (χ1v) is 9.97. The highest BCUT2D eigenvalue weighted by Gasteiger charge is 2.45. The molecule has 1 aliphatic heterocycles. The van der Waals surface area contributed by atoms with Gasteiger partial charge in [-0.3, -0.25) is 4.79 Å². The number of thioether (sulfide) groups is 2. The van der Waals surface area contributed by atoms with Gasteiger partial charge in [0.05, 0.1) is 10.7 Å². The Balaban J connectivity index is 2.63. The number of ether oxygens (including phenoxy) is 1. The minimum Gasteiger partial charge on any atom is -0.466 e. The number of carbonyl (C=O) groups is 1. The summed E-state index contributed by atoms with van der Waals surface area (Å²) in [5.41, 5.74) is 0. The van der Waals surface area contributed by atoms with Crippen LogP contribution in [0.25, 0.3) is 0 Å². The van der Waals surface area contributed by atoms with Crippen LogP contribution in [0.1, 0.15) is 47.0 Å². The molecule has 0 radical (unpaired) electrons. The Bertz CT molecular complexity index is 317. The molecule has 0 spiro atoms. The molecule has 0 amide bonds. The normalized spacial score (nSPS) is 21.8. The molecule has 0 bridgehead atoms. The van der Waals surface area contributed by atoms with Crippen molar-refractivity contribution in [1.82, 2.24) is 0 Å². The zero-order chi connectivity index (χ0) is 15.9. The van der Waals surface area contributed by atoms with Gasteiger partial charge in [-0.25, -0.2) is 0 Å². The van der Waals surface area contributed by atoms with E-state index in [9.17, 15) is 9.90 Å². The Labute approximate surface area is 138 Å². The van der Waals surface area contributed by atoms with Crippen LogP contribution in [0.2, 0.25) is 0 Å². The highest BCUT2D eigenvalue weighted by molar-refractivity contribution is 8.21. The molecule has 0 aromatic rings. The van der Waals surface area contributed by atoms with Crippen molar-refractivity contribution in [2.45, 2.75) is 51.0 Å². The summed E-state index contributed by atoms with van der Waals surface area (Å²) in [6.45, 7) is 9.25. The van der Waals surface area contributed by atoms with E-state index >= 15 is 0 Å². The van der Waals surface area contributed by atoms with E-state index in [1.54, 1.807) is 0 Å². The monoisotopic (exact) mass is 334 g/mol. The first kappa shape index (κ1) is 19.2. The summed E-state index contributed by atoms with van der Waals surface area (Å²) in [6.07, 6.45) is 2.44. The molecule has 21 heavy (non-hydrogen) atoms. The van der Waals surface area contributed by atoms with Gasteiger partial charge in [0.15, 0.2) is 0 Å². The standard InChI is InChI=1S/C16H30O3S2/c1-5-19-15(18)7-6-13(3)16(20-8-9-21-16)14(4)10-12(2)11-17/h12-14,17H,5-11H2,1-4H3/t12-,13+,14+/m0/s1. The Morgan fingerprint density at radius 3 is 2.38 bits per heavy atom. The summed E-state index contributed by atoms with van der Waals surface area (Å²) >= 11 is 4.11. The fourth-order valence-electron chi connectivity index (χ4n) is 3.11. The molecule has 1 aliphatic rings. The fourth-order valence-corrected chi connectivity index (χ4v) is 6.81. The molecule has 124 valence electrons. The van der Waals surface area contributed by atoms with Gasteiger partial charge in [0.2, 0.25) is 0 Å². The zero-order valence-corrected chi connectivity index (χ0v) is 15.4. The molecule has 1 N–H and O–H groups in total. The number of esters is 1. The van der Waals surface area contributed by atoms with Crippen molar-refractivity contribution in [1.29, 1.82) is 0 Å². The first-order chi connectivity index (χ1) is 9.96. The van der Waals surface area contributed by atoms with E-state index in [2.05, 4.69) is 44.3 Å². The van der Waals surface area contributed by atoms with Gasteiger partial charge in [-0.15, -0.1) is 23.5 Å². The highest BCUT2D eigenvalue weighted by Crippen LogP contribution is 2.56. The predicted octanol–water partition coefficient (Wildman–Crippen LogP) is 3.80. The zero-order valence-electron chi connectivity index (χ0n) is 13.8. The smallest absolute Gasteiger partial charge is 0.305 e. The fraction of sp³-hybridized carbons (Fsp3) is 0.938. The Morgan fingerprint density at radius 2 is 1.86 bits per heavy atom. The summed E-state index contributed by atoms with van der Waals surface area (Å²) in [5.74, 6) is 3.65. The molecule has 0 aromatic heterocycles. The van der Waals surface area contributed by atoms with Crippen LogP contribution >= 0.6 is 23.5 Å². The number of aliphatic hydroxyl groups is 1. The van der Waals surface area contributed by atoms with Crippen LogP contribution in [0.5, 0.6) is 0 Å². The maximum Gasteiger partial charge on any atom is 0.305 e. The molecule has 0 saturated carbocycles. The maximum atomic E-state index is 11.6. The first-order valence-electron chi connectivity index (χ1n) is 8.00. The van der Waals surface area contributed by atoms with E-state index in [-0.39, 0.29) is 16.7 Å². The number of rotatable bonds is 9. The largest absolute Gasteiger partial charge is 0.466 e. The van der Waals surface area contributed by atoms with Crippen molar-refractivity contribution in [3.8, 4) is 0 Å². The lowest BCUT2D eigenvalue weighted by molar-refractivity contribution is -0.143. The predicted molar refractivity (Wildman–Crippen MR) is 92.7 cm³/mol. The van der Waals surface area contributed by atoms with Gasteiger partial charge < -0.3 is 9.84 Å². The van der Waals surface area contributed by atoms with E-state index in [0.29, 0.717) is 30.8 Å². The average molecular weight is 335 g/mol. The molecule has 1 fully saturated rings. The topological polar surface area (TPSA) is 46.5 Å². The summed E-state index contributed by atoms with van der Waals surface area (Å²) in [6, 6.07) is 0. The number of aliphatic hydroxyl groups excluding tert-OH is 1. The van der Waals surface area contributed by atoms with Crippen molar-refractivity contribution in [2.75, 3.05) is 24.7 Å². The van der Waals surface area contributed by atoms with Crippen molar-refractivity contribution in [3.05, 3.63) is 0 Å². The lowest BCUT2D eigenvalue weighted by atomic mass is 9.86. The van der Waals surface area contributed by atoms with Gasteiger partial charge in [0.25, 0.3) is 0 Å². The van der Waals surface area contributed by atoms with Gasteiger partial charge in [-0.05, 0) is 37.5 Å². The van der Waals surface area contributed by atoms with Gasteiger partial charge in [-0.2, -0.15) is 0 Å². The minimum atomic E-state index is -0.0797. The van der Waals surface area contributed by atoms with Crippen molar-refractivity contribution in [2.24, 2.45) is 17.8 Å². The van der Waals surface area contributed by atoms with Crippen LogP contribution in [0.3, 0.4) is 0 Å². The molecule has 3 atom stereocenters. The van der Waals surface area contributed by atoms with Gasteiger partial charge in [0, 0.05) is 24.5 Å². The second-order valence-corrected chi connectivity index (χ2v) is 9.09. The number of hydrogen-bond acceptors (Lipinski definition) is 5. The summed E-state index contributed by atoms with van der Waals surface area (Å²) in [7, 11) is 0. The molecule has 1 heterocycles. The lowest BCUT2D eigenvalue weighted by Gasteiger charge is -2.40. The van der Waals surface area contributed by atoms with Crippen LogP contribution in [0, 0.1) is 17.8 Å². The van der Waals surface area contributed by atoms with Crippen molar-refractivity contribution < 1.29 is 14.6 Å². The van der Waals surface area contributed by atoms with Gasteiger partial charge >= 0.3 is 5.97 Å². The van der Waals surface area contributed by atoms with E-state index in [0.717, 1.165) is 12.8 Å². The molecule has 0 unspecified atom stereocenters. The Kier molecular flexibility index (Phi) is 8.50. The Morgan fingerprint density at radius 1 is 1.24 bits per heavy atom. The second-order valence-electron chi connectivity index (χ2n) is 6.09. The molecule has 3 nitrogen and oxygen atoms in total. The molecular weight excluding hydrogens is 304 g/mol. The SMILES string of the molecule is CCOC(=O)CC[C@@H](C)C1([C@H](C)C[C@H](C)CO)SCCS1. The number of carbonyl (C=O) groups excluding carboxylic acids is 1. The quantitative estimate of drug-likeness (QED) is 0.650. The summed E-state index contributed by atoms with van der Waals surface area (Å²) < 4.78 is 5.24. The van der Waals surface area contributed by atoms with Crippen LogP contribution in [0.15, 0.2) is 0 Å². The maximum absolute atomic E-state index is 11.6. The van der Waals surface area contributed by atoms with Crippen LogP contribution in [-0.2, 0) is 9.53 Å². The van der Waals surface area contributed by atoms with E-state index in [4.69, 9.17) is 4.74 Å². The molecule has 0 aliphatic carbocycles. The molecule has 1 rings (SSSR count). The molecule has 1 saturated heterocycles. The van der Waals surface area contributed by atoms with Crippen molar-refractivity contribution in [3.63, 3.8) is 0 Å². The molecular formula is C16H30O3S2. The van der Waals surface area contributed by atoms with Crippen LogP contribution in [0.4, 0.5) is 0 Å². The third kappa shape index (κ3) is 5.36. The summed E-state index contributed by atoms with van der Waals surface area (Å²) in [4.78, 5) is 11.6. The van der Waals surface area contributed by atoms with E-state index < -0.39 is 0 Å². The van der Waals surface area contributed by atoms with E-state index in [1.807, 2.05) is 6.92 Å². The second kappa shape index (κ2) is 9.31. The van der Waals surface area contributed by atoms with Gasteiger partial charge in [-0.1, -0.05) is 20.8 Å². The van der Waals surface area contributed by atoms with Crippen LogP contribution in [-0.4, -0.2) is 39.9 Å². The lowest BCUT2D eigenvalue weighted by Crippen LogP contribution is -2.36. The number of hydrogen-bond donors (Lipinski definition) is 1.